The highest BCUT2D eigenvalue weighted by atomic mass is 16.5. The van der Waals surface area contributed by atoms with Crippen LogP contribution in [0.2, 0.25) is 0 Å². The third kappa shape index (κ3) is 3.68. The van der Waals surface area contributed by atoms with Gasteiger partial charge >= 0.3 is 0 Å². The molecule has 1 saturated heterocycles. The third-order valence-electron chi connectivity index (χ3n) is 3.97. The number of hydrogen-bond donors (Lipinski definition) is 1. The lowest BCUT2D eigenvalue weighted by molar-refractivity contribution is 0.102. The van der Waals surface area contributed by atoms with Crippen LogP contribution in [-0.4, -0.2) is 37.2 Å². The van der Waals surface area contributed by atoms with Crippen LogP contribution in [0.15, 0.2) is 36.5 Å². The van der Waals surface area contributed by atoms with Gasteiger partial charge in [0.05, 0.1) is 25.1 Å². The number of anilines is 2. The topological polar surface area (TPSA) is 54.5 Å². The predicted molar refractivity (Wildman–Crippen MR) is 91.1 cm³/mol. The van der Waals surface area contributed by atoms with E-state index in [4.69, 9.17) is 4.74 Å². The summed E-state index contributed by atoms with van der Waals surface area (Å²) in [5.74, 6) is 0.807. The maximum atomic E-state index is 12.4. The second kappa shape index (κ2) is 6.79. The Morgan fingerprint density at radius 2 is 1.96 bits per heavy atom. The van der Waals surface area contributed by atoms with Crippen molar-refractivity contribution in [3.8, 4) is 0 Å². The fourth-order valence-electron chi connectivity index (χ4n) is 2.71. The van der Waals surface area contributed by atoms with Crippen LogP contribution in [0.25, 0.3) is 0 Å². The summed E-state index contributed by atoms with van der Waals surface area (Å²) in [6.45, 7) is 7.12. The van der Waals surface area contributed by atoms with Crippen molar-refractivity contribution in [3.05, 3.63) is 53.2 Å². The molecule has 1 aliphatic rings. The van der Waals surface area contributed by atoms with E-state index in [2.05, 4.69) is 15.2 Å². The van der Waals surface area contributed by atoms with Crippen molar-refractivity contribution in [2.75, 3.05) is 36.5 Å². The number of pyridine rings is 1. The maximum Gasteiger partial charge on any atom is 0.255 e. The number of aromatic nitrogens is 1. The van der Waals surface area contributed by atoms with Gasteiger partial charge < -0.3 is 15.0 Å². The van der Waals surface area contributed by atoms with Crippen molar-refractivity contribution in [3.63, 3.8) is 0 Å². The van der Waals surface area contributed by atoms with Gasteiger partial charge in [-0.3, -0.25) is 4.79 Å². The number of aryl methyl sites for hydroxylation is 2. The minimum absolute atomic E-state index is 0.108. The lowest BCUT2D eigenvalue weighted by Crippen LogP contribution is -2.36. The first kappa shape index (κ1) is 15.5. The van der Waals surface area contributed by atoms with Crippen LogP contribution in [0.4, 0.5) is 11.5 Å². The summed E-state index contributed by atoms with van der Waals surface area (Å²) in [5.41, 5.74) is 3.51. The molecule has 5 nitrogen and oxygen atoms in total. The van der Waals surface area contributed by atoms with Gasteiger partial charge in [0.1, 0.15) is 5.82 Å². The zero-order chi connectivity index (χ0) is 16.2. The molecule has 1 amide bonds. The molecular formula is C18H21N3O2. The van der Waals surface area contributed by atoms with Crippen LogP contribution in [-0.2, 0) is 4.74 Å². The molecule has 1 fully saturated rings. The molecule has 0 bridgehead atoms. The van der Waals surface area contributed by atoms with E-state index in [0.717, 1.165) is 43.2 Å². The zero-order valence-electron chi connectivity index (χ0n) is 13.5. The standard InChI is InChI=1S/C18H21N3O2/c1-13-3-5-16(14(2)11-13)18(22)20-15-4-6-17(19-12-15)21-7-9-23-10-8-21/h3-6,11-12H,7-10H2,1-2H3,(H,20,22). The Kier molecular flexibility index (Phi) is 4.57. The Labute approximate surface area is 136 Å². The van der Waals surface area contributed by atoms with Gasteiger partial charge in [0.2, 0.25) is 0 Å². The number of carbonyl (C=O) groups is 1. The third-order valence-corrected chi connectivity index (χ3v) is 3.97. The van der Waals surface area contributed by atoms with Gasteiger partial charge in [-0.2, -0.15) is 0 Å². The molecular weight excluding hydrogens is 290 g/mol. The number of morpholine rings is 1. The molecule has 2 heterocycles. The Morgan fingerprint density at radius 1 is 1.17 bits per heavy atom. The number of ether oxygens (including phenoxy) is 1. The van der Waals surface area contributed by atoms with Gasteiger partial charge in [0.15, 0.2) is 0 Å². The molecule has 3 rings (SSSR count). The number of benzene rings is 1. The first-order chi connectivity index (χ1) is 11.1. The maximum absolute atomic E-state index is 12.4. The Balaban J connectivity index is 1.69. The molecule has 0 aliphatic carbocycles. The average molecular weight is 311 g/mol. The lowest BCUT2D eigenvalue weighted by Gasteiger charge is -2.27. The average Bonchev–Trinajstić information content (AvgIpc) is 2.56. The van der Waals surface area contributed by atoms with Gasteiger partial charge in [0.25, 0.3) is 5.91 Å². The highest BCUT2D eigenvalue weighted by molar-refractivity contribution is 6.05. The number of hydrogen-bond acceptors (Lipinski definition) is 4. The monoisotopic (exact) mass is 311 g/mol. The fourth-order valence-corrected chi connectivity index (χ4v) is 2.71. The van der Waals surface area contributed by atoms with Crippen molar-refractivity contribution >= 4 is 17.4 Å². The highest BCUT2D eigenvalue weighted by Gasteiger charge is 2.13. The van der Waals surface area contributed by atoms with E-state index in [0.29, 0.717) is 11.3 Å². The normalized spacial score (nSPS) is 14.6. The zero-order valence-corrected chi connectivity index (χ0v) is 13.5. The summed E-state index contributed by atoms with van der Waals surface area (Å²) in [7, 11) is 0. The fraction of sp³-hybridized carbons (Fsp3) is 0.333. The number of amides is 1. The van der Waals surface area contributed by atoms with Crippen LogP contribution >= 0.6 is 0 Å². The first-order valence-electron chi connectivity index (χ1n) is 7.81. The molecule has 0 atom stereocenters. The van der Waals surface area contributed by atoms with Gasteiger partial charge in [-0.15, -0.1) is 0 Å². The van der Waals surface area contributed by atoms with Gasteiger partial charge in [0, 0.05) is 18.7 Å². The van der Waals surface area contributed by atoms with Crippen LogP contribution in [0.5, 0.6) is 0 Å². The quantitative estimate of drug-likeness (QED) is 0.947. The molecule has 5 heteroatoms. The molecule has 120 valence electrons. The number of rotatable bonds is 3. The largest absolute Gasteiger partial charge is 0.378 e. The number of carbonyl (C=O) groups excluding carboxylic acids is 1. The van der Waals surface area contributed by atoms with Gasteiger partial charge in [-0.05, 0) is 37.6 Å². The van der Waals surface area contributed by atoms with E-state index in [-0.39, 0.29) is 5.91 Å². The molecule has 1 aliphatic heterocycles. The second-order valence-electron chi connectivity index (χ2n) is 5.78. The van der Waals surface area contributed by atoms with E-state index in [1.807, 2.05) is 44.2 Å². The van der Waals surface area contributed by atoms with Crippen LogP contribution in [0.3, 0.4) is 0 Å². The van der Waals surface area contributed by atoms with Crippen molar-refractivity contribution in [2.45, 2.75) is 13.8 Å². The smallest absolute Gasteiger partial charge is 0.255 e. The number of nitrogens with zero attached hydrogens (tertiary/aromatic N) is 2. The van der Waals surface area contributed by atoms with E-state index >= 15 is 0 Å². The molecule has 0 radical (unpaired) electrons. The van der Waals surface area contributed by atoms with E-state index in [1.165, 1.54) is 0 Å². The van der Waals surface area contributed by atoms with Crippen molar-refractivity contribution in [2.24, 2.45) is 0 Å². The van der Waals surface area contributed by atoms with Crippen molar-refractivity contribution in [1.82, 2.24) is 4.98 Å². The molecule has 1 aromatic heterocycles. The summed E-state index contributed by atoms with van der Waals surface area (Å²) in [6, 6.07) is 9.63. The summed E-state index contributed by atoms with van der Waals surface area (Å²) in [4.78, 5) is 19.0. The summed E-state index contributed by atoms with van der Waals surface area (Å²) in [6.07, 6.45) is 1.70. The van der Waals surface area contributed by atoms with Crippen molar-refractivity contribution < 1.29 is 9.53 Å². The predicted octanol–water partition coefficient (Wildman–Crippen LogP) is 2.79. The van der Waals surface area contributed by atoms with Crippen LogP contribution < -0.4 is 10.2 Å². The molecule has 23 heavy (non-hydrogen) atoms. The van der Waals surface area contributed by atoms with E-state index in [1.54, 1.807) is 6.20 Å². The molecule has 1 aromatic carbocycles. The van der Waals surface area contributed by atoms with E-state index < -0.39 is 0 Å². The molecule has 0 saturated carbocycles. The highest BCUT2D eigenvalue weighted by Crippen LogP contribution is 2.17. The lowest BCUT2D eigenvalue weighted by atomic mass is 10.1. The second-order valence-corrected chi connectivity index (χ2v) is 5.78. The van der Waals surface area contributed by atoms with Crippen LogP contribution in [0, 0.1) is 13.8 Å². The Morgan fingerprint density at radius 3 is 2.61 bits per heavy atom. The minimum atomic E-state index is -0.108. The summed E-state index contributed by atoms with van der Waals surface area (Å²) >= 11 is 0. The molecule has 1 N–H and O–H groups in total. The first-order valence-corrected chi connectivity index (χ1v) is 7.81. The van der Waals surface area contributed by atoms with E-state index in [9.17, 15) is 4.79 Å². The van der Waals surface area contributed by atoms with Gasteiger partial charge in [-0.25, -0.2) is 4.98 Å². The van der Waals surface area contributed by atoms with Gasteiger partial charge in [-0.1, -0.05) is 17.7 Å². The SMILES string of the molecule is Cc1ccc(C(=O)Nc2ccc(N3CCOCC3)nc2)c(C)c1. The number of nitrogens with one attached hydrogen (secondary N) is 1. The molecule has 0 spiro atoms. The van der Waals surface area contributed by atoms with Crippen molar-refractivity contribution in [1.29, 1.82) is 0 Å². The minimum Gasteiger partial charge on any atom is -0.378 e. The van der Waals surface area contributed by atoms with Crippen LogP contribution in [0.1, 0.15) is 21.5 Å². The summed E-state index contributed by atoms with van der Waals surface area (Å²) in [5, 5.41) is 2.90. The Bertz CT molecular complexity index is 692. The Hall–Kier alpha value is -2.40. The molecule has 0 unspecified atom stereocenters. The summed E-state index contributed by atoms with van der Waals surface area (Å²) < 4.78 is 5.34. The molecule has 2 aromatic rings.